The van der Waals surface area contributed by atoms with E-state index in [1.54, 1.807) is 32.2 Å². The largest absolute Gasteiger partial charge is 0.493 e. The van der Waals surface area contributed by atoms with E-state index in [1.165, 1.54) is 0 Å². The summed E-state index contributed by atoms with van der Waals surface area (Å²) in [6.45, 7) is 8.60. The number of nitriles is 1. The van der Waals surface area contributed by atoms with Gasteiger partial charge in [0.1, 0.15) is 17.4 Å². The van der Waals surface area contributed by atoms with Gasteiger partial charge in [-0.1, -0.05) is 40.0 Å². The van der Waals surface area contributed by atoms with Crippen LogP contribution < -0.4 is 10.1 Å². The fourth-order valence-electron chi connectivity index (χ4n) is 2.35. The van der Waals surface area contributed by atoms with Gasteiger partial charge >= 0.3 is 0 Å². The lowest BCUT2D eigenvalue weighted by atomic mass is 9.96. The van der Waals surface area contributed by atoms with Gasteiger partial charge in [0, 0.05) is 7.11 Å². The molecule has 0 heterocycles. The Bertz CT molecular complexity index is 607. The van der Waals surface area contributed by atoms with Crippen LogP contribution in [0.5, 0.6) is 5.75 Å². The van der Waals surface area contributed by atoms with Crippen LogP contribution in [0.25, 0.3) is 0 Å². The number of methoxy groups -OCH3 is 1. The minimum atomic E-state index is -0.908. The molecule has 25 heavy (non-hydrogen) atoms. The molecule has 1 rings (SSSR count). The second kappa shape index (κ2) is 10.0. The van der Waals surface area contributed by atoms with Gasteiger partial charge in [-0.25, -0.2) is 0 Å². The van der Waals surface area contributed by atoms with Crippen molar-refractivity contribution in [1.82, 2.24) is 0 Å². The number of hydrogen-bond acceptors (Lipinski definition) is 4. The Labute approximate surface area is 151 Å². The van der Waals surface area contributed by atoms with Gasteiger partial charge in [-0.2, -0.15) is 5.26 Å². The standard InChI is InChI=1S/C20H30N2O3/c1-6-7-8-11-20(4,24-5)19(23)22-18-10-9-17(12-16(18)13-21)25-14-15(2)3/h9-10,12,15H,6-8,11,14H2,1-5H3,(H,22,23)/t20-/m1/s1. The van der Waals surface area contributed by atoms with Crippen molar-refractivity contribution in [1.29, 1.82) is 5.26 Å². The first-order valence-corrected chi connectivity index (χ1v) is 8.89. The molecule has 0 radical (unpaired) electrons. The summed E-state index contributed by atoms with van der Waals surface area (Å²) >= 11 is 0. The Morgan fingerprint density at radius 2 is 2.08 bits per heavy atom. The maximum Gasteiger partial charge on any atom is 0.256 e. The van der Waals surface area contributed by atoms with Gasteiger partial charge < -0.3 is 14.8 Å². The first kappa shape index (κ1) is 21.0. The number of benzene rings is 1. The summed E-state index contributed by atoms with van der Waals surface area (Å²) < 4.78 is 11.1. The van der Waals surface area contributed by atoms with Crippen LogP contribution in [-0.4, -0.2) is 25.2 Å². The summed E-state index contributed by atoms with van der Waals surface area (Å²) in [7, 11) is 1.54. The maximum atomic E-state index is 12.7. The van der Waals surface area contributed by atoms with E-state index in [-0.39, 0.29) is 5.91 Å². The first-order chi connectivity index (χ1) is 11.9. The summed E-state index contributed by atoms with van der Waals surface area (Å²) in [6.07, 6.45) is 3.69. The highest BCUT2D eigenvalue weighted by Gasteiger charge is 2.32. The monoisotopic (exact) mass is 346 g/mol. The summed E-state index contributed by atoms with van der Waals surface area (Å²) in [5.41, 5.74) is -0.0564. The number of carbonyl (C=O) groups is 1. The predicted octanol–water partition coefficient (Wildman–Crippen LogP) is 4.52. The lowest BCUT2D eigenvalue weighted by molar-refractivity contribution is -0.136. The molecule has 5 nitrogen and oxygen atoms in total. The van der Waals surface area contributed by atoms with E-state index in [0.717, 1.165) is 19.3 Å². The van der Waals surface area contributed by atoms with Crippen LogP contribution in [0, 0.1) is 17.2 Å². The molecule has 0 aromatic heterocycles. The Morgan fingerprint density at radius 1 is 1.36 bits per heavy atom. The van der Waals surface area contributed by atoms with Crippen molar-refractivity contribution >= 4 is 11.6 Å². The number of carbonyl (C=O) groups excluding carboxylic acids is 1. The molecule has 0 spiro atoms. The van der Waals surface area contributed by atoms with Crippen molar-refractivity contribution in [3.63, 3.8) is 0 Å². The van der Waals surface area contributed by atoms with E-state index in [0.29, 0.717) is 35.9 Å². The number of amides is 1. The third kappa shape index (κ3) is 6.39. The smallest absolute Gasteiger partial charge is 0.256 e. The minimum absolute atomic E-state index is 0.238. The molecule has 0 fully saturated rings. The molecule has 0 unspecified atom stereocenters. The Hall–Kier alpha value is -2.06. The van der Waals surface area contributed by atoms with E-state index >= 15 is 0 Å². The van der Waals surface area contributed by atoms with Crippen LogP contribution in [0.4, 0.5) is 5.69 Å². The van der Waals surface area contributed by atoms with Crippen LogP contribution in [0.2, 0.25) is 0 Å². The lowest BCUT2D eigenvalue weighted by Crippen LogP contribution is -2.42. The molecule has 0 saturated carbocycles. The number of hydrogen-bond donors (Lipinski definition) is 1. The number of ether oxygens (including phenoxy) is 2. The molecule has 0 aliphatic rings. The van der Waals surface area contributed by atoms with E-state index < -0.39 is 5.60 Å². The molecule has 5 heteroatoms. The normalized spacial score (nSPS) is 13.2. The number of rotatable bonds is 10. The van der Waals surface area contributed by atoms with Crippen LogP contribution in [0.3, 0.4) is 0 Å². The molecule has 0 bridgehead atoms. The molecular weight excluding hydrogens is 316 g/mol. The van der Waals surface area contributed by atoms with Gasteiger partial charge in [0.2, 0.25) is 0 Å². The van der Waals surface area contributed by atoms with E-state index in [9.17, 15) is 10.1 Å². The van der Waals surface area contributed by atoms with Crippen molar-refractivity contribution in [2.45, 2.75) is 59.0 Å². The van der Waals surface area contributed by atoms with Crippen molar-refractivity contribution in [2.75, 3.05) is 19.0 Å². The second-order valence-corrected chi connectivity index (χ2v) is 6.87. The molecule has 0 aliphatic carbocycles. The molecule has 1 N–H and O–H groups in total. The SMILES string of the molecule is CCCCC[C@@](C)(OC)C(=O)Nc1ccc(OCC(C)C)cc1C#N. The summed E-state index contributed by atoms with van der Waals surface area (Å²) in [4.78, 5) is 12.7. The summed E-state index contributed by atoms with van der Waals surface area (Å²) in [5.74, 6) is 0.787. The number of anilines is 1. The zero-order valence-corrected chi connectivity index (χ0v) is 16.0. The minimum Gasteiger partial charge on any atom is -0.493 e. The topological polar surface area (TPSA) is 71.3 Å². The molecule has 1 atom stereocenters. The lowest BCUT2D eigenvalue weighted by Gasteiger charge is -2.27. The Kier molecular flexibility index (Phi) is 8.44. The fraction of sp³-hybridized carbons (Fsp3) is 0.600. The maximum absolute atomic E-state index is 12.7. The van der Waals surface area contributed by atoms with E-state index in [1.807, 2.05) is 0 Å². The van der Waals surface area contributed by atoms with Gasteiger partial charge in [0.05, 0.1) is 17.9 Å². The van der Waals surface area contributed by atoms with Gasteiger partial charge in [-0.3, -0.25) is 4.79 Å². The molecule has 0 saturated heterocycles. The Morgan fingerprint density at radius 3 is 2.64 bits per heavy atom. The highest BCUT2D eigenvalue weighted by molar-refractivity contribution is 5.98. The molecule has 1 aromatic carbocycles. The van der Waals surface area contributed by atoms with Gasteiger partial charge in [0.25, 0.3) is 5.91 Å². The van der Waals surface area contributed by atoms with Crippen LogP contribution in [-0.2, 0) is 9.53 Å². The van der Waals surface area contributed by atoms with Crippen molar-refractivity contribution in [3.8, 4) is 11.8 Å². The molecule has 1 amide bonds. The number of nitrogens with one attached hydrogen (secondary N) is 1. The molecule has 1 aromatic rings. The van der Waals surface area contributed by atoms with Crippen LogP contribution in [0.1, 0.15) is 58.9 Å². The Balaban J connectivity index is 2.86. The molecular formula is C20H30N2O3. The zero-order chi connectivity index (χ0) is 18.9. The summed E-state index contributed by atoms with van der Waals surface area (Å²) in [5, 5.41) is 12.2. The quantitative estimate of drug-likeness (QED) is 0.632. The third-order valence-electron chi connectivity index (χ3n) is 4.13. The van der Waals surface area contributed by atoms with Crippen molar-refractivity contribution in [3.05, 3.63) is 23.8 Å². The summed E-state index contributed by atoms with van der Waals surface area (Å²) in [6, 6.07) is 7.23. The van der Waals surface area contributed by atoms with Crippen molar-refractivity contribution < 1.29 is 14.3 Å². The van der Waals surface area contributed by atoms with Crippen molar-refractivity contribution in [2.24, 2.45) is 5.92 Å². The number of nitrogens with zero attached hydrogens (tertiary/aromatic N) is 1. The van der Waals surface area contributed by atoms with Gasteiger partial charge in [0.15, 0.2) is 0 Å². The second-order valence-electron chi connectivity index (χ2n) is 6.87. The first-order valence-electron chi connectivity index (χ1n) is 8.89. The highest BCUT2D eigenvalue weighted by atomic mass is 16.5. The fourth-order valence-corrected chi connectivity index (χ4v) is 2.35. The predicted molar refractivity (Wildman–Crippen MR) is 99.7 cm³/mol. The average Bonchev–Trinajstić information content (AvgIpc) is 2.60. The number of unbranched alkanes of at least 4 members (excludes halogenated alkanes) is 2. The van der Waals surface area contributed by atoms with E-state index in [2.05, 4.69) is 32.2 Å². The highest BCUT2D eigenvalue weighted by Crippen LogP contribution is 2.25. The zero-order valence-electron chi connectivity index (χ0n) is 16.0. The molecule has 138 valence electrons. The van der Waals surface area contributed by atoms with Crippen LogP contribution in [0.15, 0.2) is 18.2 Å². The van der Waals surface area contributed by atoms with Gasteiger partial charge in [-0.05, 0) is 37.5 Å². The van der Waals surface area contributed by atoms with Gasteiger partial charge in [-0.15, -0.1) is 0 Å². The van der Waals surface area contributed by atoms with Crippen LogP contribution >= 0.6 is 0 Å². The van der Waals surface area contributed by atoms with E-state index in [4.69, 9.17) is 9.47 Å². The molecule has 0 aliphatic heterocycles. The third-order valence-corrected chi connectivity index (χ3v) is 4.13. The average molecular weight is 346 g/mol.